The molecule has 2 aromatic rings. The number of fused-ring (bicyclic) bond motifs is 1. The van der Waals surface area contributed by atoms with Crippen LogP contribution in [0.15, 0.2) is 22.6 Å². The molecule has 1 aliphatic carbocycles. The highest BCUT2D eigenvalue weighted by molar-refractivity contribution is 6.03. The molecule has 1 spiro atoms. The van der Waals surface area contributed by atoms with Crippen LogP contribution in [0.2, 0.25) is 0 Å². The van der Waals surface area contributed by atoms with Crippen molar-refractivity contribution < 1.29 is 9.21 Å². The lowest BCUT2D eigenvalue weighted by molar-refractivity contribution is 0.100. The Morgan fingerprint density at radius 1 is 1.40 bits per heavy atom. The summed E-state index contributed by atoms with van der Waals surface area (Å²) in [6.45, 7) is 0. The Kier molecular flexibility index (Phi) is 2.41. The zero-order valence-electron chi connectivity index (χ0n) is 11.2. The predicted octanol–water partition coefficient (Wildman–Crippen LogP) is 2.27. The summed E-state index contributed by atoms with van der Waals surface area (Å²) in [6, 6.07) is 5.46. The molecule has 5 nitrogen and oxygen atoms in total. The third-order valence-electron chi connectivity index (χ3n) is 4.48. The first-order chi connectivity index (χ1) is 9.67. The van der Waals surface area contributed by atoms with Gasteiger partial charge in [0.25, 0.3) is 5.91 Å². The number of primary amides is 1. The van der Waals surface area contributed by atoms with Crippen molar-refractivity contribution in [3.63, 3.8) is 0 Å². The highest BCUT2D eigenvalue weighted by atomic mass is 16.4. The van der Waals surface area contributed by atoms with Crippen molar-refractivity contribution in [2.45, 2.75) is 43.7 Å². The van der Waals surface area contributed by atoms with Crippen LogP contribution in [0.5, 0.6) is 0 Å². The molecule has 0 bridgehead atoms. The molecule has 1 saturated carbocycles. The first-order valence-corrected chi connectivity index (χ1v) is 7.14. The average Bonchev–Trinajstić information content (AvgIpc) is 3.04. The second-order valence-electron chi connectivity index (χ2n) is 5.94. The number of hydrogen-bond acceptors (Lipinski definition) is 4. The summed E-state index contributed by atoms with van der Waals surface area (Å²) in [5, 5.41) is 3.66. The number of nitrogens with zero attached hydrogens (tertiary/aromatic N) is 1. The number of rotatable bonds is 2. The van der Waals surface area contributed by atoms with E-state index in [1.807, 2.05) is 6.07 Å². The van der Waals surface area contributed by atoms with Crippen LogP contribution in [-0.2, 0) is 0 Å². The molecule has 1 saturated heterocycles. The molecule has 5 heteroatoms. The monoisotopic (exact) mass is 271 g/mol. The number of carbonyl (C=O) groups excluding carboxylic acids is 1. The highest BCUT2D eigenvalue weighted by Gasteiger charge is 2.46. The van der Waals surface area contributed by atoms with Crippen molar-refractivity contribution in [1.29, 1.82) is 0 Å². The number of carbonyl (C=O) groups is 1. The van der Waals surface area contributed by atoms with E-state index in [0.29, 0.717) is 28.1 Å². The van der Waals surface area contributed by atoms with Crippen LogP contribution in [0, 0.1) is 0 Å². The Bertz CT molecular complexity index is 687. The Hall–Kier alpha value is -1.88. The second-order valence-corrected chi connectivity index (χ2v) is 5.94. The van der Waals surface area contributed by atoms with Crippen molar-refractivity contribution in [3.05, 3.63) is 29.7 Å². The summed E-state index contributed by atoms with van der Waals surface area (Å²) in [7, 11) is 0. The molecule has 0 radical (unpaired) electrons. The van der Waals surface area contributed by atoms with E-state index >= 15 is 0 Å². The lowest BCUT2D eigenvalue weighted by Gasteiger charge is -2.29. The van der Waals surface area contributed by atoms with E-state index in [4.69, 9.17) is 10.2 Å². The SMILES string of the molecule is NC(=O)c1cccc2nc(C3CCCC4(CC4)N3)oc12. The van der Waals surface area contributed by atoms with E-state index in [-0.39, 0.29) is 6.04 Å². The minimum absolute atomic E-state index is 0.152. The summed E-state index contributed by atoms with van der Waals surface area (Å²) in [4.78, 5) is 16.0. The van der Waals surface area contributed by atoms with Gasteiger partial charge in [-0.1, -0.05) is 6.07 Å². The van der Waals surface area contributed by atoms with Crippen LogP contribution in [-0.4, -0.2) is 16.4 Å². The fraction of sp³-hybridized carbons (Fsp3) is 0.467. The fourth-order valence-electron chi connectivity index (χ4n) is 3.20. The summed E-state index contributed by atoms with van der Waals surface area (Å²) in [6.07, 6.45) is 5.96. The van der Waals surface area contributed by atoms with Gasteiger partial charge in [-0.2, -0.15) is 0 Å². The lowest BCUT2D eigenvalue weighted by Crippen LogP contribution is -2.38. The predicted molar refractivity (Wildman–Crippen MR) is 74.2 cm³/mol. The van der Waals surface area contributed by atoms with Gasteiger partial charge in [-0.05, 0) is 44.2 Å². The molecule has 1 atom stereocenters. The molecule has 1 unspecified atom stereocenters. The van der Waals surface area contributed by atoms with Gasteiger partial charge in [-0.3, -0.25) is 4.79 Å². The highest BCUT2D eigenvalue weighted by Crippen LogP contribution is 2.46. The van der Waals surface area contributed by atoms with Crippen LogP contribution in [0.4, 0.5) is 0 Å². The maximum atomic E-state index is 11.4. The third kappa shape index (κ3) is 1.81. The van der Waals surface area contributed by atoms with Crippen LogP contribution in [0.3, 0.4) is 0 Å². The van der Waals surface area contributed by atoms with E-state index in [1.165, 1.54) is 25.7 Å². The van der Waals surface area contributed by atoms with Gasteiger partial charge in [-0.15, -0.1) is 0 Å². The Morgan fingerprint density at radius 2 is 2.25 bits per heavy atom. The van der Waals surface area contributed by atoms with Gasteiger partial charge in [0, 0.05) is 5.54 Å². The summed E-state index contributed by atoms with van der Waals surface area (Å²) < 4.78 is 5.85. The third-order valence-corrected chi connectivity index (χ3v) is 4.48. The number of benzene rings is 1. The minimum atomic E-state index is -0.478. The molecule has 104 valence electrons. The molecule has 2 heterocycles. The van der Waals surface area contributed by atoms with Gasteiger partial charge in [0.2, 0.25) is 5.89 Å². The smallest absolute Gasteiger partial charge is 0.252 e. The Balaban J connectivity index is 1.73. The topological polar surface area (TPSA) is 81.2 Å². The van der Waals surface area contributed by atoms with Gasteiger partial charge in [0.1, 0.15) is 5.52 Å². The summed E-state index contributed by atoms with van der Waals surface area (Å²) >= 11 is 0. The van der Waals surface area contributed by atoms with E-state index in [9.17, 15) is 4.79 Å². The van der Waals surface area contributed by atoms with Crippen LogP contribution >= 0.6 is 0 Å². The van der Waals surface area contributed by atoms with Crippen molar-refractivity contribution in [2.75, 3.05) is 0 Å². The molecule has 1 aromatic carbocycles. The van der Waals surface area contributed by atoms with Gasteiger partial charge >= 0.3 is 0 Å². The van der Waals surface area contributed by atoms with E-state index < -0.39 is 5.91 Å². The van der Waals surface area contributed by atoms with Gasteiger partial charge < -0.3 is 15.5 Å². The number of para-hydroxylation sites is 1. The molecular formula is C15H17N3O2. The van der Waals surface area contributed by atoms with E-state index in [0.717, 1.165) is 6.42 Å². The molecule has 1 aromatic heterocycles. The van der Waals surface area contributed by atoms with Gasteiger partial charge in [-0.25, -0.2) is 4.98 Å². The molecule has 1 amide bonds. The standard InChI is InChI=1S/C15H17N3O2/c16-13(19)9-3-1-4-10-12(9)20-14(17-10)11-5-2-6-15(18-11)7-8-15/h1,3-4,11,18H,2,5-8H2,(H2,16,19). The number of amides is 1. The molecule has 20 heavy (non-hydrogen) atoms. The first-order valence-electron chi connectivity index (χ1n) is 7.14. The summed E-state index contributed by atoms with van der Waals surface area (Å²) in [5.41, 5.74) is 7.32. The van der Waals surface area contributed by atoms with Crippen LogP contribution in [0.1, 0.15) is 54.4 Å². The molecule has 3 N–H and O–H groups in total. The quantitative estimate of drug-likeness (QED) is 0.878. The molecule has 2 fully saturated rings. The van der Waals surface area contributed by atoms with E-state index in [1.54, 1.807) is 12.1 Å². The Morgan fingerprint density at radius 3 is 3.00 bits per heavy atom. The maximum Gasteiger partial charge on any atom is 0.252 e. The lowest BCUT2D eigenvalue weighted by atomic mass is 9.97. The van der Waals surface area contributed by atoms with Crippen molar-refractivity contribution in [1.82, 2.24) is 10.3 Å². The van der Waals surface area contributed by atoms with Gasteiger partial charge in [0.05, 0.1) is 11.6 Å². The maximum absolute atomic E-state index is 11.4. The number of oxazole rings is 1. The van der Waals surface area contributed by atoms with Crippen LogP contribution in [0.25, 0.3) is 11.1 Å². The number of aromatic nitrogens is 1. The minimum Gasteiger partial charge on any atom is -0.438 e. The van der Waals surface area contributed by atoms with Gasteiger partial charge in [0.15, 0.2) is 5.58 Å². The summed E-state index contributed by atoms with van der Waals surface area (Å²) in [5.74, 6) is 0.202. The molecule has 4 rings (SSSR count). The zero-order chi connectivity index (χ0) is 13.7. The average molecular weight is 271 g/mol. The van der Waals surface area contributed by atoms with Crippen molar-refractivity contribution in [3.8, 4) is 0 Å². The Labute approximate surface area is 116 Å². The molecular weight excluding hydrogens is 254 g/mol. The zero-order valence-corrected chi connectivity index (χ0v) is 11.2. The normalized spacial score (nSPS) is 24.1. The number of piperidine rings is 1. The second kappa shape index (κ2) is 4.06. The number of nitrogens with one attached hydrogen (secondary N) is 1. The van der Waals surface area contributed by atoms with Crippen molar-refractivity contribution in [2.24, 2.45) is 5.73 Å². The largest absolute Gasteiger partial charge is 0.438 e. The first kappa shape index (κ1) is 11.9. The van der Waals surface area contributed by atoms with E-state index in [2.05, 4.69) is 10.3 Å². The molecule has 1 aliphatic heterocycles. The van der Waals surface area contributed by atoms with Crippen LogP contribution < -0.4 is 11.1 Å². The fourth-order valence-corrected chi connectivity index (χ4v) is 3.20. The van der Waals surface area contributed by atoms with Crippen molar-refractivity contribution >= 4 is 17.0 Å². The number of nitrogens with two attached hydrogens (primary N) is 1. The molecule has 2 aliphatic rings. The number of hydrogen-bond donors (Lipinski definition) is 2.